The molecule has 0 aliphatic carbocycles. The maximum atomic E-state index is 10.7. The van der Waals surface area contributed by atoms with Crippen molar-refractivity contribution in [3.05, 3.63) is 79.7 Å². The smallest absolute Gasteiger partial charge is 0.287 e. The van der Waals surface area contributed by atoms with Crippen molar-refractivity contribution in [2.24, 2.45) is 5.10 Å². The molecule has 0 saturated heterocycles. The Morgan fingerprint density at radius 3 is 2.63 bits per heavy atom. The molecule has 3 aromatic rings. The number of halogens is 1. The second-order valence-electron chi connectivity index (χ2n) is 6.12. The third kappa shape index (κ3) is 4.06. The molecule has 0 aliphatic rings. The van der Waals surface area contributed by atoms with Crippen LogP contribution >= 0.6 is 15.9 Å². The Kier molecular flexibility index (Phi) is 5.36. The van der Waals surface area contributed by atoms with E-state index in [1.807, 2.05) is 19.9 Å². The molecule has 0 amide bonds. The van der Waals surface area contributed by atoms with Crippen LogP contribution in [0, 0.1) is 30.9 Å². The Balaban J connectivity index is 1.80. The van der Waals surface area contributed by atoms with Crippen LogP contribution in [0.25, 0.3) is 5.69 Å². The van der Waals surface area contributed by atoms with Gasteiger partial charge >= 0.3 is 0 Å². The van der Waals surface area contributed by atoms with Gasteiger partial charge < -0.3 is 4.57 Å². The number of anilines is 1. The van der Waals surface area contributed by atoms with Crippen molar-refractivity contribution in [1.82, 2.24) is 9.55 Å². The number of nitro groups is 1. The first kappa shape index (κ1) is 18.8. The van der Waals surface area contributed by atoms with Gasteiger partial charge in [-0.3, -0.25) is 15.5 Å². The quantitative estimate of drug-likeness (QED) is 0.355. The molecule has 0 bridgehead atoms. The number of hydrazone groups is 1. The van der Waals surface area contributed by atoms with Crippen molar-refractivity contribution in [2.75, 3.05) is 5.43 Å². The minimum atomic E-state index is -0.487. The molecule has 3 rings (SSSR count). The summed E-state index contributed by atoms with van der Waals surface area (Å²) in [7, 11) is 0. The molecule has 1 N–H and O–H groups in total. The highest BCUT2D eigenvalue weighted by Gasteiger charge is 2.10. The van der Waals surface area contributed by atoms with Crippen LogP contribution in [-0.4, -0.2) is 20.7 Å². The number of aryl methyl sites for hydroxylation is 2. The summed E-state index contributed by atoms with van der Waals surface area (Å²) in [5.41, 5.74) is 8.14. The highest BCUT2D eigenvalue weighted by atomic mass is 79.9. The maximum Gasteiger partial charge on any atom is 0.287 e. The van der Waals surface area contributed by atoms with E-state index in [-0.39, 0.29) is 5.69 Å². The molecule has 0 fully saturated rings. The zero-order valence-electron chi connectivity index (χ0n) is 15.1. The molecule has 0 atom stereocenters. The van der Waals surface area contributed by atoms with Gasteiger partial charge in [-0.1, -0.05) is 15.9 Å². The number of benzene rings is 1. The van der Waals surface area contributed by atoms with E-state index in [9.17, 15) is 10.1 Å². The topological polar surface area (TPSA) is 85.3 Å². The molecule has 0 aliphatic heterocycles. The fourth-order valence-electron chi connectivity index (χ4n) is 2.81. The minimum Gasteiger partial charge on any atom is -0.318 e. The van der Waals surface area contributed by atoms with E-state index in [0.717, 1.165) is 27.1 Å². The lowest BCUT2D eigenvalue weighted by atomic mass is 10.2. The molecule has 138 valence electrons. The first-order chi connectivity index (χ1) is 12.9. The van der Waals surface area contributed by atoms with Crippen molar-refractivity contribution >= 4 is 33.6 Å². The largest absolute Gasteiger partial charge is 0.318 e. The van der Waals surface area contributed by atoms with Crippen LogP contribution < -0.4 is 5.43 Å². The fourth-order valence-corrected chi connectivity index (χ4v) is 3.06. The van der Waals surface area contributed by atoms with Crippen LogP contribution in [0.5, 0.6) is 0 Å². The van der Waals surface area contributed by atoms with E-state index in [2.05, 4.69) is 61.1 Å². The average molecular weight is 428 g/mol. The van der Waals surface area contributed by atoms with Gasteiger partial charge in [0.15, 0.2) is 0 Å². The van der Waals surface area contributed by atoms with E-state index < -0.39 is 4.92 Å². The lowest BCUT2D eigenvalue weighted by Gasteiger charge is -2.11. The Morgan fingerprint density at radius 1 is 1.22 bits per heavy atom. The normalized spacial score (nSPS) is 11.1. The SMILES string of the molecule is Cc1cc(-n2c(C)cc(C=NNc3ccc([N+](=O)[O-])cn3)c2C)ccc1Br. The third-order valence-corrected chi connectivity index (χ3v) is 5.10. The zero-order chi connectivity index (χ0) is 19.6. The van der Waals surface area contributed by atoms with Crippen LogP contribution in [-0.2, 0) is 0 Å². The van der Waals surface area contributed by atoms with Gasteiger partial charge in [0.25, 0.3) is 5.69 Å². The summed E-state index contributed by atoms with van der Waals surface area (Å²) in [6.45, 7) is 6.15. The van der Waals surface area contributed by atoms with Gasteiger partial charge in [0, 0.05) is 33.2 Å². The molecule has 0 saturated carbocycles. The molecule has 27 heavy (non-hydrogen) atoms. The van der Waals surface area contributed by atoms with Crippen LogP contribution in [0.2, 0.25) is 0 Å². The predicted molar refractivity (Wildman–Crippen MR) is 110 cm³/mol. The first-order valence-corrected chi connectivity index (χ1v) is 9.01. The van der Waals surface area contributed by atoms with Gasteiger partial charge in [-0.2, -0.15) is 5.10 Å². The summed E-state index contributed by atoms with van der Waals surface area (Å²) in [6, 6.07) is 11.2. The Morgan fingerprint density at radius 2 is 2.00 bits per heavy atom. The number of pyridine rings is 1. The van der Waals surface area contributed by atoms with Crippen LogP contribution in [0.3, 0.4) is 0 Å². The molecule has 2 heterocycles. The van der Waals surface area contributed by atoms with Gasteiger partial charge in [0.05, 0.1) is 11.1 Å². The third-order valence-electron chi connectivity index (χ3n) is 4.21. The first-order valence-electron chi connectivity index (χ1n) is 8.22. The fraction of sp³-hybridized carbons (Fsp3) is 0.158. The van der Waals surface area contributed by atoms with Crippen molar-refractivity contribution in [2.45, 2.75) is 20.8 Å². The van der Waals surface area contributed by atoms with Gasteiger partial charge in [0.1, 0.15) is 12.0 Å². The molecule has 0 spiro atoms. The lowest BCUT2D eigenvalue weighted by molar-refractivity contribution is -0.385. The lowest BCUT2D eigenvalue weighted by Crippen LogP contribution is -2.00. The summed E-state index contributed by atoms with van der Waals surface area (Å²) in [5, 5.41) is 14.8. The molecular weight excluding hydrogens is 410 g/mol. The Bertz CT molecular complexity index is 1030. The number of hydrogen-bond acceptors (Lipinski definition) is 5. The molecule has 8 heteroatoms. The van der Waals surface area contributed by atoms with Crippen LogP contribution in [0.4, 0.5) is 11.5 Å². The van der Waals surface area contributed by atoms with Gasteiger partial charge in [-0.25, -0.2) is 4.98 Å². The highest BCUT2D eigenvalue weighted by Crippen LogP contribution is 2.24. The van der Waals surface area contributed by atoms with Crippen molar-refractivity contribution in [3.63, 3.8) is 0 Å². The van der Waals surface area contributed by atoms with E-state index in [0.29, 0.717) is 5.82 Å². The summed E-state index contributed by atoms with van der Waals surface area (Å²) >= 11 is 3.53. The van der Waals surface area contributed by atoms with E-state index in [1.165, 1.54) is 23.9 Å². The van der Waals surface area contributed by atoms with E-state index in [4.69, 9.17) is 0 Å². The monoisotopic (exact) mass is 427 g/mol. The highest BCUT2D eigenvalue weighted by molar-refractivity contribution is 9.10. The van der Waals surface area contributed by atoms with Crippen LogP contribution in [0.15, 0.2) is 52.2 Å². The summed E-state index contributed by atoms with van der Waals surface area (Å²) in [6.07, 6.45) is 2.91. The molecule has 2 aromatic heterocycles. The summed E-state index contributed by atoms with van der Waals surface area (Å²) in [4.78, 5) is 14.1. The summed E-state index contributed by atoms with van der Waals surface area (Å²) < 4.78 is 3.25. The maximum absolute atomic E-state index is 10.7. The number of aromatic nitrogens is 2. The predicted octanol–water partition coefficient (Wildman–Crippen LogP) is 4.91. The number of hydrogen-bond donors (Lipinski definition) is 1. The van der Waals surface area contributed by atoms with Gasteiger partial charge in [-0.05, 0) is 56.7 Å². The van der Waals surface area contributed by atoms with E-state index >= 15 is 0 Å². The van der Waals surface area contributed by atoms with Gasteiger partial charge in [0.2, 0.25) is 0 Å². The molecule has 0 radical (unpaired) electrons. The molecule has 7 nitrogen and oxygen atoms in total. The number of nitrogens with one attached hydrogen (secondary N) is 1. The van der Waals surface area contributed by atoms with E-state index in [1.54, 1.807) is 6.21 Å². The second kappa shape index (κ2) is 7.71. The number of rotatable bonds is 5. The molecule has 0 unspecified atom stereocenters. The molecular formula is C19H18BrN5O2. The standard InChI is InChI=1S/C19H18BrN5O2/c1-12-8-16(4-6-18(12)20)24-13(2)9-15(14(24)3)10-22-23-19-7-5-17(11-21-19)25(26)27/h4-11H,1-3H3,(H,21,23). The van der Waals surface area contributed by atoms with Gasteiger partial charge in [-0.15, -0.1) is 0 Å². The average Bonchev–Trinajstić information content (AvgIpc) is 2.92. The van der Waals surface area contributed by atoms with Crippen molar-refractivity contribution in [1.29, 1.82) is 0 Å². The second-order valence-corrected chi connectivity index (χ2v) is 6.98. The summed E-state index contributed by atoms with van der Waals surface area (Å²) in [5.74, 6) is 0.439. The van der Waals surface area contributed by atoms with Crippen molar-refractivity contribution < 1.29 is 4.92 Å². The van der Waals surface area contributed by atoms with Crippen molar-refractivity contribution in [3.8, 4) is 5.69 Å². The minimum absolute atomic E-state index is 0.0575. The zero-order valence-corrected chi connectivity index (χ0v) is 16.7. The number of nitrogens with zero attached hydrogens (tertiary/aromatic N) is 4. The Labute approximate surface area is 165 Å². The Hall–Kier alpha value is -3.00. The molecule has 1 aromatic carbocycles. The van der Waals surface area contributed by atoms with Crippen LogP contribution in [0.1, 0.15) is 22.5 Å².